The fourth-order valence-electron chi connectivity index (χ4n) is 1.59. The maximum absolute atomic E-state index is 12.0. The molecule has 1 heterocycles. The number of aliphatic hydroxyl groups is 1. The van der Waals surface area contributed by atoms with E-state index in [4.69, 9.17) is 0 Å². The zero-order valence-corrected chi connectivity index (χ0v) is 10.9. The summed E-state index contributed by atoms with van der Waals surface area (Å²) in [6, 6.07) is 0. The first kappa shape index (κ1) is 13.2. The van der Waals surface area contributed by atoms with Crippen LogP contribution in [0.5, 0.6) is 0 Å². The molecule has 16 heavy (non-hydrogen) atoms. The molecule has 0 spiro atoms. The van der Waals surface area contributed by atoms with Crippen molar-refractivity contribution in [3.63, 3.8) is 0 Å². The summed E-state index contributed by atoms with van der Waals surface area (Å²) in [5.74, 6) is -0.0866. The number of aryl methyl sites for hydroxylation is 1. The van der Waals surface area contributed by atoms with Crippen molar-refractivity contribution in [3.05, 3.63) is 21.9 Å². The second-order valence-corrected chi connectivity index (χ2v) is 4.81. The predicted molar refractivity (Wildman–Crippen MR) is 66.9 cm³/mol. The molecule has 0 atom stereocenters. The summed E-state index contributed by atoms with van der Waals surface area (Å²) < 4.78 is 0. The summed E-state index contributed by atoms with van der Waals surface area (Å²) >= 11 is 1.52. The molecule has 0 aliphatic rings. The molecule has 0 aliphatic heterocycles. The molecule has 1 aromatic rings. The topological polar surface area (TPSA) is 49.3 Å². The molecule has 4 heteroatoms. The van der Waals surface area contributed by atoms with Gasteiger partial charge >= 0.3 is 0 Å². The zero-order chi connectivity index (χ0) is 12.2. The van der Waals surface area contributed by atoms with Crippen LogP contribution in [-0.2, 0) is 0 Å². The number of hydrogen-bond donors (Lipinski definition) is 2. The van der Waals surface area contributed by atoms with Crippen molar-refractivity contribution in [2.24, 2.45) is 0 Å². The number of amides is 1. The molecule has 1 aromatic heterocycles. The van der Waals surface area contributed by atoms with Crippen LogP contribution in [0.15, 0.2) is 10.8 Å². The van der Waals surface area contributed by atoms with Gasteiger partial charge in [0.2, 0.25) is 0 Å². The van der Waals surface area contributed by atoms with Gasteiger partial charge in [-0.2, -0.15) is 11.3 Å². The van der Waals surface area contributed by atoms with Crippen LogP contribution in [0.1, 0.15) is 42.6 Å². The highest BCUT2D eigenvalue weighted by Gasteiger charge is 2.28. The monoisotopic (exact) mass is 241 g/mol. The van der Waals surface area contributed by atoms with Gasteiger partial charge in [-0.15, -0.1) is 0 Å². The van der Waals surface area contributed by atoms with Crippen molar-refractivity contribution >= 4 is 17.2 Å². The molecule has 90 valence electrons. The van der Waals surface area contributed by atoms with Crippen LogP contribution < -0.4 is 5.32 Å². The summed E-state index contributed by atoms with van der Waals surface area (Å²) in [5.41, 5.74) is 1.22. The molecule has 1 amide bonds. The second-order valence-electron chi connectivity index (χ2n) is 4.07. The van der Waals surface area contributed by atoms with Crippen molar-refractivity contribution in [1.82, 2.24) is 5.32 Å². The number of thiophene rings is 1. The van der Waals surface area contributed by atoms with E-state index in [9.17, 15) is 9.90 Å². The van der Waals surface area contributed by atoms with Crippen LogP contribution in [0.2, 0.25) is 0 Å². The normalized spacial score (nSPS) is 11.5. The zero-order valence-electron chi connectivity index (χ0n) is 10.0. The number of rotatable bonds is 5. The smallest absolute Gasteiger partial charge is 0.252 e. The Morgan fingerprint density at radius 2 is 2.06 bits per heavy atom. The quantitative estimate of drug-likeness (QED) is 0.831. The Hall–Kier alpha value is -0.870. The highest BCUT2D eigenvalue weighted by molar-refractivity contribution is 7.08. The molecule has 2 N–H and O–H groups in total. The first-order chi connectivity index (χ1) is 7.58. The van der Waals surface area contributed by atoms with Gasteiger partial charge in [0.05, 0.1) is 17.7 Å². The van der Waals surface area contributed by atoms with Crippen LogP contribution >= 0.6 is 11.3 Å². The Bertz CT molecular complexity index is 347. The van der Waals surface area contributed by atoms with E-state index < -0.39 is 5.54 Å². The van der Waals surface area contributed by atoms with Gasteiger partial charge < -0.3 is 10.4 Å². The van der Waals surface area contributed by atoms with Crippen molar-refractivity contribution in [2.45, 2.75) is 39.2 Å². The largest absolute Gasteiger partial charge is 0.394 e. The van der Waals surface area contributed by atoms with Crippen LogP contribution in [0.25, 0.3) is 0 Å². The first-order valence-corrected chi connectivity index (χ1v) is 6.49. The SMILES string of the molecule is CCC(CC)(CO)NC(=O)c1cscc1C. The molecular formula is C12H19NO2S. The Balaban J connectivity index is 2.81. The van der Waals surface area contributed by atoms with E-state index in [1.807, 2.05) is 31.5 Å². The van der Waals surface area contributed by atoms with Crippen molar-refractivity contribution < 1.29 is 9.90 Å². The summed E-state index contributed by atoms with van der Waals surface area (Å²) in [6.07, 6.45) is 1.46. The predicted octanol–water partition coefficient (Wildman–Crippen LogP) is 2.34. The number of carbonyl (C=O) groups is 1. The minimum atomic E-state index is -0.481. The van der Waals surface area contributed by atoms with E-state index in [2.05, 4.69) is 5.32 Å². The third kappa shape index (κ3) is 2.62. The summed E-state index contributed by atoms with van der Waals surface area (Å²) in [6.45, 7) is 5.85. The van der Waals surface area contributed by atoms with Crippen molar-refractivity contribution in [3.8, 4) is 0 Å². The molecule has 0 saturated heterocycles. The molecule has 0 aliphatic carbocycles. The average molecular weight is 241 g/mol. The van der Waals surface area contributed by atoms with Gasteiger partial charge in [-0.3, -0.25) is 4.79 Å². The van der Waals surface area contributed by atoms with E-state index in [1.165, 1.54) is 11.3 Å². The second kappa shape index (κ2) is 5.46. The molecule has 1 rings (SSSR count). The lowest BCUT2D eigenvalue weighted by Crippen LogP contribution is -2.50. The van der Waals surface area contributed by atoms with Gasteiger partial charge in [0.15, 0.2) is 0 Å². The molecule has 0 fully saturated rings. The third-order valence-electron chi connectivity index (χ3n) is 3.14. The summed E-state index contributed by atoms with van der Waals surface area (Å²) in [7, 11) is 0. The fourth-order valence-corrected chi connectivity index (χ4v) is 2.42. The Morgan fingerprint density at radius 1 is 1.44 bits per heavy atom. The Morgan fingerprint density at radius 3 is 2.44 bits per heavy atom. The summed E-state index contributed by atoms with van der Waals surface area (Å²) in [4.78, 5) is 12.0. The van der Waals surface area contributed by atoms with Crippen LogP contribution in [-0.4, -0.2) is 23.2 Å². The molecule has 0 saturated carbocycles. The summed E-state index contributed by atoms with van der Waals surface area (Å²) in [5, 5.41) is 16.1. The first-order valence-electron chi connectivity index (χ1n) is 5.54. The van der Waals surface area contributed by atoms with Gasteiger partial charge in [0.1, 0.15) is 0 Å². The molecule has 0 unspecified atom stereocenters. The molecular weight excluding hydrogens is 222 g/mol. The van der Waals surface area contributed by atoms with Crippen molar-refractivity contribution in [1.29, 1.82) is 0 Å². The minimum absolute atomic E-state index is 0.0189. The fraction of sp³-hybridized carbons (Fsp3) is 0.583. The number of nitrogens with one attached hydrogen (secondary N) is 1. The number of aliphatic hydroxyl groups excluding tert-OH is 1. The van der Waals surface area contributed by atoms with Gasteiger partial charge in [-0.1, -0.05) is 13.8 Å². The highest BCUT2D eigenvalue weighted by atomic mass is 32.1. The maximum atomic E-state index is 12.0. The Kier molecular flexibility index (Phi) is 4.50. The van der Waals surface area contributed by atoms with Gasteiger partial charge in [0.25, 0.3) is 5.91 Å². The van der Waals surface area contributed by atoms with Gasteiger partial charge in [0, 0.05) is 5.38 Å². The average Bonchev–Trinajstić information content (AvgIpc) is 2.72. The lowest BCUT2D eigenvalue weighted by molar-refractivity contribution is 0.0817. The van der Waals surface area contributed by atoms with Gasteiger partial charge in [-0.25, -0.2) is 0 Å². The lowest BCUT2D eigenvalue weighted by Gasteiger charge is -2.30. The molecule has 3 nitrogen and oxygen atoms in total. The van der Waals surface area contributed by atoms with E-state index in [-0.39, 0.29) is 12.5 Å². The molecule has 0 aromatic carbocycles. The van der Waals surface area contributed by atoms with E-state index >= 15 is 0 Å². The highest BCUT2D eigenvalue weighted by Crippen LogP contribution is 2.18. The van der Waals surface area contributed by atoms with Crippen LogP contribution in [0.3, 0.4) is 0 Å². The standard InChI is InChI=1S/C12H19NO2S/c1-4-12(5-2,8-14)13-11(15)10-7-16-6-9(10)3/h6-7,14H,4-5,8H2,1-3H3,(H,13,15). The van der Waals surface area contributed by atoms with Gasteiger partial charge in [-0.05, 0) is 30.7 Å². The maximum Gasteiger partial charge on any atom is 0.252 e. The number of carbonyl (C=O) groups excluding carboxylic acids is 1. The van der Waals surface area contributed by atoms with E-state index in [0.29, 0.717) is 5.56 Å². The van der Waals surface area contributed by atoms with Crippen molar-refractivity contribution in [2.75, 3.05) is 6.61 Å². The molecule has 0 radical (unpaired) electrons. The van der Waals surface area contributed by atoms with E-state index in [0.717, 1.165) is 18.4 Å². The minimum Gasteiger partial charge on any atom is -0.394 e. The Labute approximate surface area is 100 Å². The molecule has 0 bridgehead atoms. The van der Waals surface area contributed by atoms with E-state index in [1.54, 1.807) is 0 Å². The number of hydrogen-bond acceptors (Lipinski definition) is 3. The lowest BCUT2D eigenvalue weighted by atomic mass is 9.93. The third-order valence-corrected chi connectivity index (χ3v) is 4.00. The van der Waals surface area contributed by atoms with Crippen LogP contribution in [0.4, 0.5) is 0 Å². The van der Waals surface area contributed by atoms with Crippen LogP contribution in [0, 0.1) is 6.92 Å².